The Kier molecular flexibility index (Phi) is 4.35. The zero-order valence-corrected chi connectivity index (χ0v) is 9.27. The molecule has 0 heterocycles. The summed E-state index contributed by atoms with van der Waals surface area (Å²) in [5, 5.41) is 20.3. The highest BCUT2D eigenvalue weighted by Crippen LogP contribution is 2.15. The Bertz CT molecular complexity index is 568. The summed E-state index contributed by atoms with van der Waals surface area (Å²) in [5.74, 6) is -1.59. The summed E-state index contributed by atoms with van der Waals surface area (Å²) in [7, 11) is 1.14. The molecule has 1 aromatic carbocycles. The van der Waals surface area contributed by atoms with Gasteiger partial charge in [0.25, 0.3) is 0 Å². The van der Waals surface area contributed by atoms with Gasteiger partial charge in [0.1, 0.15) is 18.0 Å². The molecular formula is C11H7FN4O2. The fourth-order valence-corrected chi connectivity index (χ4v) is 1.06. The van der Waals surface area contributed by atoms with Gasteiger partial charge in [-0.15, -0.1) is 0 Å². The summed E-state index contributed by atoms with van der Waals surface area (Å²) in [6.45, 7) is 0. The van der Waals surface area contributed by atoms with E-state index in [1.54, 1.807) is 0 Å². The SMILES string of the molecule is COC(=O)c1ccc(NN=C(C#N)C#N)cc1F. The van der Waals surface area contributed by atoms with Gasteiger partial charge in [-0.3, -0.25) is 5.43 Å². The summed E-state index contributed by atoms with van der Waals surface area (Å²) in [6, 6.07) is 6.64. The lowest BCUT2D eigenvalue weighted by molar-refractivity contribution is 0.0595. The molecule has 6 nitrogen and oxygen atoms in total. The van der Waals surface area contributed by atoms with Gasteiger partial charge >= 0.3 is 5.97 Å². The van der Waals surface area contributed by atoms with Crippen molar-refractivity contribution in [2.75, 3.05) is 12.5 Å². The first kappa shape index (κ1) is 13.1. The van der Waals surface area contributed by atoms with E-state index in [1.807, 2.05) is 0 Å². The van der Waals surface area contributed by atoms with Crippen LogP contribution in [0.2, 0.25) is 0 Å². The van der Waals surface area contributed by atoms with Crippen LogP contribution in [0, 0.1) is 28.5 Å². The molecule has 1 rings (SSSR count). The lowest BCUT2D eigenvalue weighted by atomic mass is 10.2. The molecule has 0 unspecified atom stereocenters. The average molecular weight is 246 g/mol. The van der Waals surface area contributed by atoms with Crippen LogP contribution in [0.3, 0.4) is 0 Å². The number of hydrazone groups is 1. The summed E-state index contributed by atoms with van der Waals surface area (Å²) < 4.78 is 17.8. The maximum atomic E-state index is 13.5. The first-order chi connectivity index (χ1) is 8.62. The first-order valence-corrected chi connectivity index (χ1v) is 4.64. The van der Waals surface area contributed by atoms with Crippen LogP contribution in [0.1, 0.15) is 10.4 Å². The molecule has 0 bridgehead atoms. The van der Waals surface area contributed by atoms with Crippen LogP contribution in [0.5, 0.6) is 0 Å². The number of halogens is 1. The summed E-state index contributed by atoms with van der Waals surface area (Å²) in [4.78, 5) is 11.1. The summed E-state index contributed by atoms with van der Waals surface area (Å²) >= 11 is 0. The molecule has 0 radical (unpaired) electrons. The minimum absolute atomic E-state index is 0.197. The number of carbonyl (C=O) groups excluding carboxylic acids is 1. The fourth-order valence-electron chi connectivity index (χ4n) is 1.06. The van der Waals surface area contributed by atoms with Crippen molar-refractivity contribution in [2.24, 2.45) is 5.10 Å². The van der Waals surface area contributed by atoms with Crippen LogP contribution < -0.4 is 5.43 Å². The van der Waals surface area contributed by atoms with Crippen LogP contribution in [0.25, 0.3) is 0 Å². The van der Waals surface area contributed by atoms with Crippen LogP contribution in [0.4, 0.5) is 10.1 Å². The van der Waals surface area contributed by atoms with E-state index >= 15 is 0 Å². The molecule has 0 amide bonds. The van der Waals surface area contributed by atoms with E-state index in [1.165, 1.54) is 24.3 Å². The number of hydrogen-bond acceptors (Lipinski definition) is 6. The number of nitrogens with zero attached hydrogens (tertiary/aromatic N) is 3. The third-order valence-electron chi connectivity index (χ3n) is 1.88. The number of methoxy groups -OCH3 is 1. The van der Waals surface area contributed by atoms with Crippen molar-refractivity contribution in [3.05, 3.63) is 29.6 Å². The number of hydrogen-bond donors (Lipinski definition) is 1. The smallest absolute Gasteiger partial charge is 0.340 e. The van der Waals surface area contributed by atoms with Crippen molar-refractivity contribution in [3.63, 3.8) is 0 Å². The molecule has 7 heteroatoms. The van der Waals surface area contributed by atoms with Crippen molar-refractivity contribution in [2.45, 2.75) is 0 Å². The Labute approximate surface area is 102 Å². The molecular weight excluding hydrogens is 239 g/mol. The highest BCUT2D eigenvalue weighted by Gasteiger charge is 2.12. The fraction of sp³-hybridized carbons (Fsp3) is 0.0909. The van der Waals surface area contributed by atoms with E-state index in [2.05, 4.69) is 15.3 Å². The number of nitrogens with one attached hydrogen (secondary N) is 1. The number of benzene rings is 1. The van der Waals surface area contributed by atoms with Crippen molar-refractivity contribution < 1.29 is 13.9 Å². The van der Waals surface area contributed by atoms with E-state index in [-0.39, 0.29) is 11.3 Å². The Morgan fingerprint density at radius 2 is 2.11 bits per heavy atom. The molecule has 1 N–H and O–H groups in total. The molecule has 0 saturated heterocycles. The van der Waals surface area contributed by atoms with Gasteiger partial charge in [0.05, 0.1) is 18.4 Å². The van der Waals surface area contributed by atoms with E-state index in [4.69, 9.17) is 10.5 Å². The molecule has 0 spiro atoms. The summed E-state index contributed by atoms with van der Waals surface area (Å²) in [5.41, 5.74) is 1.91. The number of carbonyl (C=O) groups is 1. The molecule has 18 heavy (non-hydrogen) atoms. The Morgan fingerprint density at radius 1 is 1.44 bits per heavy atom. The van der Waals surface area contributed by atoms with Gasteiger partial charge in [0.15, 0.2) is 0 Å². The number of esters is 1. The minimum atomic E-state index is -0.794. The normalized spacial score (nSPS) is 8.67. The highest BCUT2D eigenvalue weighted by atomic mass is 19.1. The predicted molar refractivity (Wildman–Crippen MR) is 60.0 cm³/mol. The molecule has 1 aromatic rings. The number of nitriles is 2. The maximum absolute atomic E-state index is 13.5. The van der Waals surface area contributed by atoms with Crippen molar-refractivity contribution in [1.29, 1.82) is 10.5 Å². The van der Waals surface area contributed by atoms with E-state index in [0.29, 0.717) is 0 Å². The molecule has 0 fully saturated rings. The van der Waals surface area contributed by atoms with Gasteiger partial charge in [-0.05, 0) is 18.2 Å². The van der Waals surface area contributed by atoms with Crippen LogP contribution in [-0.2, 0) is 4.74 Å². The second-order valence-electron chi connectivity index (χ2n) is 2.98. The predicted octanol–water partition coefficient (Wildman–Crippen LogP) is 1.43. The topological polar surface area (TPSA) is 98.3 Å². The molecule has 0 aliphatic heterocycles. The number of ether oxygens (including phenoxy) is 1. The molecule has 0 saturated carbocycles. The van der Waals surface area contributed by atoms with Crippen LogP contribution >= 0.6 is 0 Å². The standard InChI is InChI=1S/C11H7FN4O2/c1-18-11(17)9-3-2-7(4-10(9)12)15-16-8(5-13)6-14/h2-4,15H,1H3. The Hall–Kier alpha value is -2.93. The Morgan fingerprint density at radius 3 is 2.61 bits per heavy atom. The molecule has 0 aliphatic carbocycles. The second-order valence-corrected chi connectivity index (χ2v) is 2.98. The van der Waals surface area contributed by atoms with E-state index in [0.717, 1.165) is 13.2 Å². The third-order valence-corrected chi connectivity index (χ3v) is 1.88. The lowest BCUT2D eigenvalue weighted by Gasteiger charge is -2.03. The lowest BCUT2D eigenvalue weighted by Crippen LogP contribution is -2.05. The Balaban J connectivity index is 2.93. The monoisotopic (exact) mass is 246 g/mol. The largest absolute Gasteiger partial charge is 0.465 e. The zero-order valence-electron chi connectivity index (χ0n) is 9.27. The number of rotatable bonds is 3. The minimum Gasteiger partial charge on any atom is -0.465 e. The van der Waals surface area contributed by atoms with Gasteiger partial charge in [-0.25, -0.2) is 9.18 Å². The third kappa shape index (κ3) is 3.03. The maximum Gasteiger partial charge on any atom is 0.340 e. The van der Waals surface area contributed by atoms with Crippen molar-refractivity contribution in [3.8, 4) is 12.1 Å². The highest BCUT2D eigenvalue weighted by molar-refractivity contribution is 6.10. The van der Waals surface area contributed by atoms with Gasteiger partial charge in [-0.1, -0.05) is 0 Å². The second kappa shape index (κ2) is 5.97. The van der Waals surface area contributed by atoms with Crippen molar-refractivity contribution in [1.82, 2.24) is 0 Å². The molecule has 90 valence electrons. The van der Waals surface area contributed by atoms with Gasteiger partial charge in [0, 0.05) is 0 Å². The van der Waals surface area contributed by atoms with E-state index < -0.39 is 17.5 Å². The molecule has 0 aromatic heterocycles. The number of anilines is 1. The van der Waals surface area contributed by atoms with E-state index in [9.17, 15) is 9.18 Å². The van der Waals surface area contributed by atoms with Gasteiger partial charge in [0.2, 0.25) is 5.71 Å². The quantitative estimate of drug-likeness (QED) is 0.494. The molecule has 0 atom stereocenters. The zero-order chi connectivity index (χ0) is 13.5. The van der Waals surface area contributed by atoms with Crippen LogP contribution in [-0.4, -0.2) is 18.8 Å². The first-order valence-electron chi connectivity index (χ1n) is 4.64. The van der Waals surface area contributed by atoms with Gasteiger partial charge < -0.3 is 4.74 Å². The van der Waals surface area contributed by atoms with Gasteiger partial charge in [-0.2, -0.15) is 15.6 Å². The van der Waals surface area contributed by atoms with Crippen LogP contribution in [0.15, 0.2) is 23.3 Å². The summed E-state index contributed by atoms with van der Waals surface area (Å²) in [6.07, 6.45) is 0. The van der Waals surface area contributed by atoms with Crippen molar-refractivity contribution >= 4 is 17.4 Å². The molecule has 0 aliphatic rings. The average Bonchev–Trinajstić information content (AvgIpc) is 2.39.